The first kappa shape index (κ1) is 14.9. The van der Waals surface area contributed by atoms with Crippen LogP contribution >= 0.6 is 46.1 Å². The van der Waals surface area contributed by atoms with Gasteiger partial charge in [0.2, 0.25) is 0 Å². The van der Waals surface area contributed by atoms with E-state index in [2.05, 4.69) is 0 Å². The molecule has 0 amide bonds. The molecule has 2 rings (SSSR count). The second-order valence-electron chi connectivity index (χ2n) is 4.24. The fourth-order valence-electron chi connectivity index (χ4n) is 1.82. The van der Waals surface area contributed by atoms with Gasteiger partial charge in [0.15, 0.2) is 3.79 Å². The quantitative estimate of drug-likeness (QED) is 0.771. The average Bonchev–Trinajstić information content (AvgIpc) is 2.56. The number of alkyl halides is 3. The molecule has 102 valence electrons. The maximum atomic E-state index is 12.0. The molecule has 0 bridgehead atoms. The van der Waals surface area contributed by atoms with Crippen molar-refractivity contribution in [2.24, 2.45) is 0 Å². The van der Waals surface area contributed by atoms with Gasteiger partial charge in [0.1, 0.15) is 0 Å². The smallest absolute Gasteiger partial charge is 0.299 e. The molecule has 0 aliphatic heterocycles. The highest BCUT2D eigenvalue weighted by Gasteiger charge is 2.24. The third-order valence-electron chi connectivity index (χ3n) is 2.78. The van der Waals surface area contributed by atoms with Gasteiger partial charge in [-0.25, -0.2) is 0 Å². The van der Waals surface area contributed by atoms with Gasteiger partial charge in [0.05, 0.1) is 6.54 Å². The molecule has 0 atom stereocenters. The van der Waals surface area contributed by atoms with Crippen molar-refractivity contribution in [2.75, 3.05) is 0 Å². The van der Waals surface area contributed by atoms with Gasteiger partial charge in [-0.2, -0.15) is 0 Å². The zero-order valence-electron chi connectivity index (χ0n) is 10.2. The van der Waals surface area contributed by atoms with Crippen LogP contribution in [0.3, 0.4) is 0 Å². The summed E-state index contributed by atoms with van der Waals surface area (Å²) in [6.45, 7) is 2.43. The minimum Gasteiger partial charge on any atom is -0.299 e. The van der Waals surface area contributed by atoms with Crippen LogP contribution in [0.5, 0.6) is 0 Å². The van der Waals surface area contributed by atoms with Crippen molar-refractivity contribution in [2.45, 2.75) is 23.7 Å². The van der Waals surface area contributed by atoms with E-state index in [-0.39, 0.29) is 11.3 Å². The molecule has 19 heavy (non-hydrogen) atoms. The van der Waals surface area contributed by atoms with Crippen molar-refractivity contribution in [3.05, 3.63) is 56.1 Å². The Hall–Kier alpha value is -0.480. The zero-order valence-corrected chi connectivity index (χ0v) is 13.3. The molecule has 1 aromatic heterocycles. The lowest BCUT2D eigenvalue weighted by atomic mass is 10.2. The first-order chi connectivity index (χ1) is 8.87. The van der Waals surface area contributed by atoms with Crippen molar-refractivity contribution in [3.63, 3.8) is 0 Å². The molecule has 0 aliphatic rings. The molecule has 0 N–H and O–H groups in total. The largest absolute Gasteiger partial charge is 0.307 e. The van der Waals surface area contributed by atoms with Crippen molar-refractivity contribution in [1.29, 1.82) is 0 Å². The molecule has 0 saturated heterocycles. The van der Waals surface area contributed by atoms with Gasteiger partial charge < -0.3 is 0 Å². The number of benzene rings is 1. The maximum Gasteiger partial charge on any atom is 0.307 e. The fourth-order valence-corrected chi connectivity index (χ4v) is 3.52. The monoisotopic (exact) mass is 335 g/mol. The topological polar surface area (TPSA) is 22.0 Å². The van der Waals surface area contributed by atoms with Crippen LogP contribution in [-0.4, -0.2) is 8.36 Å². The molecular formula is C13H12Cl3NOS. The maximum absolute atomic E-state index is 12.0. The van der Waals surface area contributed by atoms with Crippen molar-refractivity contribution < 1.29 is 0 Å². The number of rotatable bonds is 3. The van der Waals surface area contributed by atoms with E-state index >= 15 is 0 Å². The van der Waals surface area contributed by atoms with Crippen molar-refractivity contribution in [1.82, 2.24) is 4.57 Å². The number of halogens is 3. The third-order valence-corrected chi connectivity index (χ3v) is 4.27. The van der Waals surface area contributed by atoms with E-state index in [1.54, 1.807) is 4.57 Å². The van der Waals surface area contributed by atoms with E-state index in [4.69, 9.17) is 34.8 Å². The Labute approximate surface area is 130 Å². The summed E-state index contributed by atoms with van der Waals surface area (Å²) >= 11 is 18.5. The van der Waals surface area contributed by atoms with Crippen LogP contribution in [0.2, 0.25) is 0 Å². The zero-order chi connectivity index (χ0) is 14.0. The molecule has 0 radical (unpaired) electrons. The summed E-state index contributed by atoms with van der Waals surface area (Å²) in [5.74, 6) is 0. The molecule has 0 unspecified atom stereocenters. The Morgan fingerprint density at radius 1 is 1.21 bits per heavy atom. The van der Waals surface area contributed by atoms with E-state index in [0.717, 1.165) is 27.5 Å². The van der Waals surface area contributed by atoms with Crippen LogP contribution in [-0.2, 0) is 13.0 Å². The Morgan fingerprint density at radius 2 is 1.84 bits per heavy atom. The summed E-state index contributed by atoms with van der Waals surface area (Å²) in [6.07, 6.45) is 0.255. The molecule has 1 heterocycles. The second kappa shape index (κ2) is 5.88. The molecule has 0 aliphatic carbocycles. The van der Waals surface area contributed by atoms with Gasteiger partial charge in [0, 0.05) is 17.0 Å². The van der Waals surface area contributed by atoms with Crippen LogP contribution in [0.15, 0.2) is 35.1 Å². The molecule has 2 nitrogen and oxygen atoms in total. The molecule has 0 fully saturated rings. The number of aromatic nitrogens is 1. The van der Waals surface area contributed by atoms with Crippen molar-refractivity contribution >= 4 is 46.1 Å². The molecule has 1 aromatic carbocycles. The van der Waals surface area contributed by atoms with Crippen LogP contribution in [0.25, 0.3) is 0 Å². The predicted molar refractivity (Wildman–Crippen MR) is 82.9 cm³/mol. The highest BCUT2D eigenvalue weighted by Crippen LogP contribution is 2.32. The van der Waals surface area contributed by atoms with E-state index in [0.29, 0.717) is 6.54 Å². The molecule has 2 aromatic rings. The average molecular weight is 337 g/mol. The third kappa shape index (κ3) is 3.99. The lowest BCUT2D eigenvalue weighted by Crippen LogP contribution is -2.15. The van der Waals surface area contributed by atoms with E-state index in [1.165, 1.54) is 0 Å². The number of nitrogens with zero attached hydrogens (tertiary/aromatic N) is 1. The van der Waals surface area contributed by atoms with Crippen LogP contribution < -0.4 is 4.87 Å². The predicted octanol–water partition coefficient (Wildman–Crippen LogP) is 4.18. The molecule has 0 saturated carbocycles. The summed E-state index contributed by atoms with van der Waals surface area (Å²) in [5, 5.41) is 0. The Morgan fingerprint density at radius 3 is 2.42 bits per heavy atom. The first-order valence-electron chi connectivity index (χ1n) is 5.66. The van der Waals surface area contributed by atoms with Crippen LogP contribution in [0.4, 0.5) is 0 Å². The Bertz CT molecular complexity index is 613. The minimum absolute atomic E-state index is 0.0226. The highest BCUT2D eigenvalue weighted by atomic mass is 35.6. The normalized spacial score (nSPS) is 11.8. The van der Waals surface area contributed by atoms with E-state index in [1.807, 2.05) is 37.3 Å². The summed E-state index contributed by atoms with van der Waals surface area (Å²) in [4.78, 5) is 12.8. The van der Waals surface area contributed by atoms with Gasteiger partial charge in [-0.1, -0.05) is 76.5 Å². The van der Waals surface area contributed by atoms with E-state index < -0.39 is 3.79 Å². The first-order valence-corrected chi connectivity index (χ1v) is 7.61. The lowest BCUT2D eigenvalue weighted by molar-refractivity contribution is 0.746. The van der Waals surface area contributed by atoms with Crippen molar-refractivity contribution in [3.8, 4) is 0 Å². The van der Waals surface area contributed by atoms with Crippen LogP contribution in [0, 0.1) is 6.92 Å². The number of hydrogen-bond donors (Lipinski definition) is 0. The Balaban J connectivity index is 2.30. The van der Waals surface area contributed by atoms with Gasteiger partial charge in [-0.3, -0.25) is 9.36 Å². The molecular weight excluding hydrogens is 325 g/mol. The SMILES string of the molecule is Cc1c(CC(Cl)(Cl)Cl)sc(=O)n1Cc1ccccc1. The summed E-state index contributed by atoms with van der Waals surface area (Å²) in [7, 11) is 0. The van der Waals surface area contributed by atoms with Gasteiger partial charge in [0.25, 0.3) is 0 Å². The summed E-state index contributed by atoms with van der Waals surface area (Å²) < 4.78 is 0.346. The Kier molecular flexibility index (Phi) is 4.62. The summed E-state index contributed by atoms with van der Waals surface area (Å²) in [6, 6.07) is 9.81. The standard InChI is InChI=1S/C13H12Cl3NOS/c1-9-11(7-13(14,15)16)19-12(18)17(9)8-10-5-3-2-4-6-10/h2-6H,7-8H2,1H3. The molecule has 0 spiro atoms. The lowest BCUT2D eigenvalue weighted by Gasteiger charge is -2.10. The number of hydrogen-bond acceptors (Lipinski definition) is 2. The van der Waals surface area contributed by atoms with Gasteiger partial charge >= 0.3 is 4.87 Å². The second-order valence-corrected chi connectivity index (χ2v) is 7.80. The minimum atomic E-state index is -1.37. The number of thiazole rings is 1. The van der Waals surface area contributed by atoms with Gasteiger partial charge in [-0.15, -0.1) is 0 Å². The van der Waals surface area contributed by atoms with E-state index in [9.17, 15) is 4.79 Å². The highest BCUT2D eigenvalue weighted by molar-refractivity contribution is 7.09. The summed E-state index contributed by atoms with van der Waals surface area (Å²) in [5.41, 5.74) is 1.94. The van der Waals surface area contributed by atoms with Crippen LogP contribution in [0.1, 0.15) is 16.1 Å². The fraction of sp³-hybridized carbons (Fsp3) is 0.308. The van der Waals surface area contributed by atoms with Gasteiger partial charge in [-0.05, 0) is 12.5 Å². The molecule has 6 heteroatoms.